The van der Waals surface area contributed by atoms with Crippen LogP contribution in [0.2, 0.25) is 5.02 Å². The van der Waals surface area contributed by atoms with Crippen molar-refractivity contribution in [1.82, 2.24) is 5.43 Å². The van der Waals surface area contributed by atoms with E-state index in [1.54, 1.807) is 24.3 Å². The number of nitrogens with zero attached hydrogens (tertiary/aromatic N) is 4. The van der Waals surface area contributed by atoms with Crippen molar-refractivity contribution in [1.29, 1.82) is 5.26 Å². The molecule has 14 heteroatoms. The number of carbonyl (C=O) groups excluding carboxylic acids is 1. The van der Waals surface area contributed by atoms with Crippen LogP contribution >= 0.6 is 11.6 Å². The van der Waals surface area contributed by atoms with E-state index in [2.05, 4.69) is 10.5 Å². The summed E-state index contributed by atoms with van der Waals surface area (Å²) in [7, 11) is -3.21. The molecule has 1 N–H and O–H groups in total. The van der Waals surface area contributed by atoms with Gasteiger partial charge < -0.3 is 9.47 Å². The predicted octanol–water partition coefficient (Wildman–Crippen LogP) is 3.81. The quantitative estimate of drug-likeness (QED) is 0.206. The van der Waals surface area contributed by atoms with E-state index in [4.69, 9.17) is 26.3 Å². The lowest BCUT2D eigenvalue weighted by atomic mass is 10.2. The number of nitro benzene ring substituents is 1. The van der Waals surface area contributed by atoms with Gasteiger partial charge >= 0.3 is 0 Å². The van der Waals surface area contributed by atoms with Crippen LogP contribution in [-0.4, -0.2) is 45.7 Å². The fraction of sp³-hybridized carbons (Fsp3) is 0.160. The van der Waals surface area contributed by atoms with Crippen molar-refractivity contribution in [3.8, 4) is 17.6 Å². The van der Waals surface area contributed by atoms with Gasteiger partial charge in [-0.1, -0.05) is 17.7 Å². The first-order valence-corrected chi connectivity index (χ1v) is 12.9. The molecule has 0 saturated heterocycles. The second kappa shape index (κ2) is 12.7. The summed E-state index contributed by atoms with van der Waals surface area (Å²) < 4.78 is 38.6. The second-order valence-electron chi connectivity index (χ2n) is 7.84. The largest absolute Gasteiger partial charge is 0.495 e. The number of anilines is 1. The van der Waals surface area contributed by atoms with E-state index in [0.717, 1.165) is 10.4 Å². The summed E-state index contributed by atoms with van der Waals surface area (Å²) in [6.45, 7) is 0.625. The number of sulfonamides is 1. The van der Waals surface area contributed by atoms with Crippen molar-refractivity contribution in [3.63, 3.8) is 0 Å². The van der Waals surface area contributed by atoms with Gasteiger partial charge in [-0.15, -0.1) is 0 Å². The number of methoxy groups -OCH3 is 1. The Hall–Kier alpha value is -4.67. The third kappa shape index (κ3) is 7.22. The summed E-state index contributed by atoms with van der Waals surface area (Å²) in [5.74, 6) is -0.238. The molecule has 0 spiro atoms. The number of nitriles is 1. The smallest absolute Gasteiger partial charge is 0.273 e. The number of nitrogens with one attached hydrogen (secondary N) is 1. The molecule has 0 heterocycles. The Morgan fingerprint density at radius 3 is 2.56 bits per heavy atom. The first-order valence-electron chi connectivity index (χ1n) is 11.1. The van der Waals surface area contributed by atoms with Crippen LogP contribution in [0.4, 0.5) is 11.4 Å². The summed E-state index contributed by atoms with van der Waals surface area (Å²) in [4.78, 5) is 23.1. The monoisotopic (exact) mass is 571 g/mol. The lowest BCUT2D eigenvalue weighted by molar-refractivity contribution is -0.385. The molecular weight excluding hydrogens is 550 g/mol. The topological polar surface area (TPSA) is 164 Å². The van der Waals surface area contributed by atoms with Gasteiger partial charge in [0.15, 0.2) is 6.61 Å². The Kier molecular flexibility index (Phi) is 9.43. The maximum atomic E-state index is 13.7. The highest BCUT2D eigenvalue weighted by molar-refractivity contribution is 7.92. The van der Waals surface area contributed by atoms with Gasteiger partial charge in [-0.3, -0.25) is 19.2 Å². The van der Waals surface area contributed by atoms with Gasteiger partial charge in [0.1, 0.15) is 24.1 Å². The van der Waals surface area contributed by atoms with E-state index in [9.17, 15) is 23.3 Å². The molecule has 0 unspecified atom stereocenters. The van der Waals surface area contributed by atoms with Crippen LogP contribution in [-0.2, 0) is 14.8 Å². The SMILES string of the molecule is COc1ccc(Cl)cc1N(CC(=O)N/N=C\c1ccc(OCC#N)cc1)S(=O)(=O)c1ccc(C)c([N+](=O)[O-])c1. The van der Waals surface area contributed by atoms with Gasteiger partial charge in [0.05, 0.1) is 28.8 Å². The lowest BCUT2D eigenvalue weighted by Gasteiger charge is -2.25. The van der Waals surface area contributed by atoms with Gasteiger partial charge in [-0.2, -0.15) is 10.4 Å². The number of carbonyl (C=O) groups is 1. The number of hydrazone groups is 1. The molecule has 0 saturated carbocycles. The van der Waals surface area contributed by atoms with Crippen molar-refractivity contribution in [2.45, 2.75) is 11.8 Å². The van der Waals surface area contributed by atoms with Crippen LogP contribution in [0.15, 0.2) is 70.7 Å². The molecule has 0 atom stereocenters. The predicted molar refractivity (Wildman–Crippen MR) is 144 cm³/mol. The molecule has 202 valence electrons. The molecule has 12 nitrogen and oxygen atoms in total. The molecule has 0 aliphatic heterocycles. The fourth-order valence-corrected chi connectivity index (χ4v) is 4.95. The second-order valence-corrected chi connectivity index (χ2v) is 10.1. The van der Waals surface area contributed by atoms with Crippen LogP contribution in [0, 0.1) is 28.4 Å². The number of amides is 1. The molecule has 39 heavy (non-hydrogen) atoms. The molecule has 0 aliphatic carbocycles. The number of hydrogen-bond donors (Lipinski definition) is 1. The van der Waals surface area contributed by atoms with Gasteiger partial charge in [-0.25, -0.2) is 13.8 Å². The number of hydrogen-bond acceptors (Lipinski definition) is 9. The van der Waals surface area contributed by atoms with Crippen molar-refractivity contribution in [2.75, 3.05) is 24.6 Å². The normalized spacial score (nSPS) is 11.0. The molecule has 3 rings (SSSR count). The zero-order chi connectivity index (χ0) is 28.6. The van der Waals surface area contributed by atoms with Crippen molar-refractivity contribution >= 4 is 45.1 Å². The minimum absolute atomic E-state index is 0.0553. The molecule has 0 aromatic heterocycles. The zero-order valence-electron chi connectivity index (χ0n) is 20.7. The third-order valence-electron chi connectivity index (χ3n) is 5.25. The summed E-state index contributed by atoms with van der Waals surface area (Å²) in [6, 6.07) is 16.0. The molecule has 0 radical (unpaired) electrons. The van der Waals surface area contributed by atoms with Crippen LogP contribution in [0.5, 0.6) is 11.5 Å². The maximum absolute atomic E-state index is 13.7. The van der Waals surface area contributed by atoms with Crippen molar-refractivity contribution in [2.24, 2.45) is 5.10 Å². The van der Waals surface area contributed by atoms with Gasteiger partial charge in [-0.05, 0) is 61.0 Å². The first kappa shape index (κ1) is 28.9. The number of halogens is 1. The third-order valence-corrected chi connectivity index (χ3v) is 7.24. The molecule has 3 aromatic rings. The van der Waals surface area contributed by atoms with E-state index in [1.807, 2.05) is 6.07 Å². The minimum Gasteiger partial charge on any atom is -0.495 e. The van der Waals surface area contributed by atoms with Gasteiger partial charge in [0, 0.05) is 16.7 Å². The van der Waals surface area contributed by atoms with E-state index < -0.39 is 38.0 Å². The molecule has 3 aromatic carbocycles. The average molecular weight is 572 g/mol. The Morgan fingerprint density at radius 2 is 1.92 bits per heavy atom. The number of rotatable bonds is 11. The summed E-state index contributed by atoms with van der Waals surface area (Å²) in [5.41, 5.74) is 2.67. The average Bonchev–Trinajstić information content (AvgIpc) is 2.91. The van der Waals surface area contributed by atoms with Crippen LogP contribution in [0.1, 0.15) is 11.1 Å². The highest BCUT2D eigenvalue weighted by Gasteiger charge is 2.31. The van der Waals surface area contributed by atoms with Crippen molar-refractivity contribution < 1.29 is 27.6 Å². The van der Waals surface area contributed by atoms with E-state index in [0.29, 0.717) is 11.3 Å². The molecule has 0 fully saturated rings. The standard InChI is InChI=1S/C25H22ClN5O7S/c1-17-3-9-21(14-22(17)31(33)34)39(35,36)30(23-13-19(26)6-10-24(23)37-2)16-25(32)29-28-15-18-4-7-20(8-5-18)38-12-11-27/h3-10,13-15H,12,16H2,1-2H3,(H,29,32)/b28-15-. The Labute approximate surface area is 229 Å². The number of benzene rings is 3. The highest BCUT2D eigenvalue weighted by Crippen LogP contribution is 2.35. The summed E-state index contributed by atoms with van der Waals surface area (Å²) in [6.07, 6.45) is 1.33. The molecular formula is C25H22ClN5O7S. The van der Waals surface area contributed by atoms with Crippen LogP contribution in [0.3, 0.4) is 0 Å². The van der Waals surface area contributed by atoms with E-state index in [1.165, 1.54) is 50.6 Å². The summed E-state index contributed by atoms with van der Waals surface area (Å²) in [5, 5.41) is 24.0. The highest BCUT2D eigenvalue weighted by atomic mass is 35.5. The molecule has 1 amide bonds. The van der Waals surface area contributed by atoms with E-state index in [-0.39, 0.29) is 28.6 Å². The van der Waals surface area contributed by atoms with Crippen LogP contribution < -0.4 is 19.2 Å². The lowest BCUT2D eigenvalue weighted by Crippen LogP contribution is -2.39. The van der Waals surface area contributed by atoms with Gasteiger partial charge in [0.2, 0.25) is 0 Å². The fourth-order valence-electron chi connectivity index (χ4n) is 3.34. The number of aryl methyl sites for hydroxylation is 1. The Balaban J connectivity index is 1.91. The number of ether oxygens (including phenoxy) is 2. The van der Waals surface area contributed by atoms with E-state index >= 15 is 0 Å². The Bertz CT molecular complexity index is 1550. The maximum Gasteiger partial charge on any atom is 0.273 e. The molecule has 0 aliphatic rings. The first-order chi connectivity index (χ1) is 18.6. The Morgan fingerprint density at radius 1 is 1.21 bits per heavy atom. The zero-order valence-corrected chi connectivity index (χ0v) is 22.3. The van der Waals surface area contributed by atoms with Gasteiger partial charge in [0.25, 0.3) is 21.6 Å². The molecule has 0 bridgehead atoms. The van der Waals surface area contributed by atoms with Crippen molar-refractivity contribution in [3.05, 3.63) is 86.9 Å². The van der Waals surface area contributed by atoms with Crippen LogP contribution in [0.25, 0.3) is 0 Å². The summed E-state index contributed by atoms with van der Waals surface area (Å²) >= 11 is 6.11. The minimum atomic E-state index is -4.52. The number of nitro groups is 1.